The normalized spacial score (nSPS) is 10.4. The topological polar surface area (TPSA) is 86.5 Å². The monoisotopic (exact) mass is 343 g/mol. The number of anilines is 1. The van der Waals surface area contributed by atoms with E-state index in [0.29, 0.717) is 33.3 Å². The van der Waals surface area contributed by atoms with Crippen molar-refractivity contribution in [3.8, 4) is 11.5 Å². The number of thioether (sulfide) groups is 1. The summed E-state index contributed by atoms with van der Waals surface area (Å²) in [6, 6.07) is 3.17. The van der Waals surface area contributed by atoms with Crippen LogP contribution in [0.2, 0.25) is 5.02 Å². The van der Waals surface area contributed by atoms with Crippen LogP contribution >= 0.6 is 23.4 Å². The number of nitrogens with zero attached hydrogens (tertiary/aromatic N) is 2. The number of aryl methyl sites for hydroxylation is 1. The largest absolute Gasteiger partial charge is 0.495 e. The fraction of sp³-hybridized carbons (Fsp3) is 0.308. The van der Waals surface area contributed by atoms with Crippen molar-refractivity contribution in [3.05, 3.63) is 23.0 Å². The van der Waals surface area contributed by atoms with E-state index >= 15 is 0 Å². The average Bonchev–Trinajstić information content (AvgIpc) is 2.91. The maximum Gasteiger partial charge on any atom is 0.277 e. The molecule has 118 valence electrons. The van der Waals surface area contributed by atoms with E-state index in [0.717, 1.165) is 11.8 Å². The van der Waals surface area contributed by atoms with Crippen LogP contribution in [0.5, 0.6) is 11.5 Å². The van der Waals surface area contributed by atoms with Crippen molar-refractivity contribution in [2.45, 2.75) is 12.1 Å². The van der Waals surface area contributed by atoms with E-state index in [1.54, 1.807) is 19.1 Å². The van der Waals surface area contributed by atoms with Gasteiger partial charge in [-0.25, -0.2) is 0 Å². The maximum atomic E-state index is 12.0. The number of carbonyl (C=O) groups is 1. The van der Waals surface area contributed by atoms with E-state index in [-0.39, 0.29) is 11.7 Å². The highest BCUT2D eigenvalue weighted by atomic mass is 35.5. The van der Waals surface area contributed by atoms with Crippen molar-refractivity contribution in [1.29, 1.82) is 0 Å². The Balaban J connectivity index is 2.03. The molecule has 0 unspecified atom stereocenters. The third-order valence-corrected chi connectivity index (χ3v) is 3.70. The number of aromatic nitrogens is 2. The lowest BCUT2D eigenvalue weighted by molar-refractivity contribution is -0.113. The summed E-state index contributed by atoms with van der Waals surface area (Å²) < 4.78 is 15.5. The van der Waals surface area contributed by atoms with Crippen LogP contribution < -0.4 is 14.8 Å². The zero-order chi connectivity index (χ0) is 16.1. The van der Waals surface area contributed by atoms with Gasteiger partial charge in [0.2, 0.25) is 11.8 Å². The number of methoxy groups -OCH3 is 2. The van der Waals surface area contributed by atoms with Crippen LogP contribution in [-0.2, 0) is 4.79 Å². The number of halogens is 1. The minimum Gasteiger partial charge on any atom is -0.495 e. The third kappa shape index (κ3) is 4.05. The SMILES string of the molecule is COc1cc(OC)c(NC(=O)CSc2nnc(C)o2)cc1Cl. The van der Waals surface area contributed by atoms with Gasteiger partial charge in [-0.1, -0.05) is 23.4 Å². The van der Waals surface area contributed by atoms with Crippen LogP contribution in [0, 0.1) is 6.92 Å². The van der Waals surface area contributed by atoms with E-state index in [1.807, 2.05) is 0 Å². The van der Waals surface area contributed by atoms with Gasteiger partial charge in [0.1, 0.15) is 11.5 Å². The van der Waals surface area contributed by atoms with Crippen molar-refractivity contribution in [2.24, 2.45) is 0 Å². The maximum absolute atomic E-state index is 12.0. The van der Waals surface area contributed by atoms with Crippen molar-refractivity contribution >= 4 is 35.0 Å². The molecule has 0 saturated carbocycles. The molecule has 0 aliphatic rings. The van der Waals surface area contributed by atoms with Crippen molar-refractivity contribution in [3.63, 3.8) is 0 Å². The summed E-state index contributed by atoms with van der Waals surface area (Å²) in [5, 5.41) is 10.9. The molecule has 0 spiro atoms. The van der Waals surface area contributed by atoms with Gasteiger partial charge in [0, 0.05) is 13.0 Å². The Morgan fingerprint density at radius 3 is 2.64 bits per heavy atom. The van der Waals surface area contributed by atoms with Crippen LogP contribution in [0.3, 0.4) is 0 Å². The Bertz CT molecular complexity index is 677. The molecule has 0 bridgehead atoms. The number of carbonyl (C=O) groups excluding carboxylic acids is 1. The molecule has 0 atom stereocenters. The lowest BCUT2D eigenvalue weighted by Crippen LogP contribution is -2.14. The first-order chi connectivity index (χ1) is 10.5. The number of nitrogens with one attached hydrogen (secondary N) is 1. The lowest BCUT2D eigenvalue weighted by atomic mass is 10.2. The van der Waals surface area contributed by atoms with Gasteiger partial charge < -0.3 is 19.2 Å². The molecule has 1 amide bonds. The Morgan fingerprint density at radius 2 is 2.05 bits per heavy atom. The Labute approximate surface area is 136 Å². The molecule has 2 aromatic rings. The first-order valence-electron chi connectivity index (χ1n) is 6.17. The van der Waals surface area contributed by atoms with Crippen LogP contribution in [-0.4, -0.2) is 36.1 Å². The first-order valence-corrected chi connectivity index (χ1v) is 7.54. The molecule has 0 saturated heterocycles. The lowest BCUT2D eigenvalue weighted by Gasteiger charge is -2.12. The second kappa shape index (κ2) is 7.37. The molecule has 2 rings (SSSR count). The molecule has 9 heteroatoms. The van der Waals surface area contributed by atoms with Crippen molar-refractivity contribution < 1.29 is 18.7 Å². The predicted molar refractivity (Wildman–Crippen MR) is 82.9 cm³/mol. The van der Waals surface area contributed by atoms with Gasteiger partial charge in [-0.3, -0.25) is 4.79 Å². The highest BCUT2D eigenvalue weighted by Gasteiger charge is 2.14. The van der Waals surface area contributed by atoms with E-state index in [9.17, 15) is 4.79 Å². The summed E-state index contributed by atoms with van der Waals surface area (Å²) in [4.78, 5) is 12.0. The minimum atomic E-state index is -0.250. The zero-order valence-electron chi connectivity index (χ0n) is 12.2. The second-order valence-electron chi connectivity index (χ2n) is 4.11. The number of amides is 1. The summed E-state index contributed by atoms with van der Waals surface area (Å²) in [6.45, 7) is 1.68. The quantitative estimate of drug-likeness (QED) is 0.807. The predicted octanol–water partition coefficient (Wildman–Crippen LogP) is 2.78. The molecule has 1 heterocycles. The van der Waals surface area contributed by atoms with Gasteiger partial charge >= 0.3 is 0 Å². The summed E-state index contributed by atoms with van der Waals surface area (Å²) in [6.07, 6.45) is 0. The first kappa shape index (κ1) is 16.4. The fourth-order valence-corrected chi connectivity index (χ4v) is 2.45. The molecule has 1 aromatic carbocycles. The van der Waals surface area contributed by atoms with Gasteiger partial charge in [-0.05, 0) is 6.07 Å². The standard InChI is InChI=1S/C13H14ClN3O4S/c1-7-16-17-13(21-7)22-6-12(18)15-9-4-8(14)10(19-2)5-11(9)20-3/h4-5H,6H2,1-3H3,(H,15,18). The van der Waals surface area contributed by atoms with Gasteiger partial charge in [0.05, 0.1) is 30.7 Å². The number of hydrogen-bond acceptors (Lipinski definition) is 7. The van der Waals surface area contributed by atoms with Crippen LogP contribution in [0.25, 0.3) is 0 Å². The highest BCUT2D eigenvalue weighted by Crippen LogP contribution is 2.36. The van der Waals surface area contributed by atoms with Gasteiger partial charge in [-0.2, -0.15) is 0 Å². The fourth-order valence-electron chi connectivity index (χ4n) is 1.61. The molecular weight excluding hydrogens is 330 g/mol. The Kier molecular flexibility index (Phi) is 5.51. The minimum absolute atomic E-state index is 0.119. The van der Waals surface area contributed by atoms with Crippen LogP contribution in [0.15, 0.2) is 21.8 Å². The summed E-state index contributed by atoms with van der Waals surface area (Å²) in [5.41, 5.74) is 0.459. The van der Waals surface area contributed by atoms with E-state index < -0.39 is 0 Å². The van der Waals surface area contributed by atoms with Crippen LogP contribution in [0.4, 0.5) is 5.69 Å². The Hall–Kier alpha value is -1.93. The summed E-state index contributed by atoms with van der Waals surface area (Å²) >= 11 is 7.19. The van der Waals surface area contributed by atoms with E-state index in [1.165, 1.54) is 14.2 Å². The zero-order valence-corrected chi connectivity index (χ0v) is 13.7. The van der Waals surface area contributed by atoms with Gasteiger partial charge in [0.25, 0.3) is 5.22 Å². The van der Waals surface area contributed by atoms with E-state index in [2.05, 4.69) is 15.5 Å². The molecule has 0 aliphatic heterocycles. The number of ether oxygens (including phenoxy) is 2. The highest BCUT2D eigenvalue weighted by molar-refractivity contribution is 7.99. The Morgan fingerprint density at radius 1 is 1.32 bits per heavy atom. The molecule has 0 aliphatic carbocycles. The summed E-state index contributed by atoms with van der Waals surface area (Å²) in [7, 11) is 3.00. The number of hydrogen-bond donors (Lipinski definition) is 1. The number of benzene rings is 1. The van der Waals surface area contributed by atoms with Crippen molar-refractivity contribution in [2.75, 3.05) is 25.3 Å². The molecule has 1 N–H and O–H groups in total. The smallest absolute Gasteiger partial charge is 0.277 e. The average molecular weight is 344 g/mol. The van der Waals surface area contributed by atoms with Gasteiger partial charge in [-0.15, -0.1) is 10.2 Å². The molecule has 0 radical (unpaired) electrons. The second-order valence-corrected chi connectivity index (χ2v) is 5.44. The molecule has 0 fully saturated rings. The molecular formula is C13H14ClN3O4S. The van der Waals surface area contributed by atoms with Gasteiger partial charge in [0.15, 0.2) is 0 Å². The van der Waals surface area contributed by atoms with E-state index in [4.69, 9.17) is 25.5 Å². The third-order valence-electron chi connectivity index (χ3n) is 2.58. The molecule has 7 nitrogen and oxygen atoms in total. The number of rotatable bonds is 6. The molecule has 22 heavy (non-hydrogen) atoms. The van der Waals surface area contributed by atoms with Crippen molar-refractivity contribution in [1.82, 2.24) is 10.2 Å². The summed E-state index contributed by atoms with van der Waals surface area (Å²) in [5.74, 6) is 1.24. The van der Waals surface area contributed by atoms with Crippen LogP contribution in [0.1, 0.15) is 5.89 Å². The molecule has 1 aromatic heterocycles.